The summed E-state index contributed by atoms with van der Waals surface area (Å²) in [4.78, 5) is 7.31. The maximum absolute atomic E-state index is 11.7. The third-order valence-electron chi connectivity index (χ3n) is 6.61. The lowest BCUT2D eigenvalue weighted by Crippen LogP contribution is -2.43. The molecule has 4 fully saturated rings. The topological polar surface area (TPSA) is 71.0 Å². The van der Waals surface area contributed by atoms with Crippen LogP contribution in [-0.4, -0.2) is 69.7 Å². The predicted molar refractivity (Wildman–Crippen MR) is 103 cm³/mol. The highest BCUT2D eigenvalue weighted by atomic mass is 32.2. The quantitative estimate of drug-likeness (QED) is 0.591. The summed E-state index contributed by atoms with van der Waals surface area (Å²) in [5, 5.41) is 3.56. The van der Waals surface area contributed by atoms with Gasteiger partial charge in [0.2, 0.25) is 0 Å². The molecule has 3 aliphatic heterocycles. The Balaban J connectivity index is 1.39. The van der Waals surface area contributed by atoms with Crippen LogP contribution in [0.3, 0.4) is 0 Å². The summed E-state index contributed by atoms with van der Waals surface area (Å²) in [6, 6.07) is 0. The van der Waals surface area contributed by atoms with Gasteiger partial charge in [-0.3, -0.25) is 4.99 Å². The highest BCUT2D eigenvalue weighted by Gasteiger charge is 2.36. The van der Waals surface area contributed by atoms with Crippen LogP contribution in [0.2, 0.25) is 0 Å². The lowest BCUT2D eigenvalue weighted by molar-refractivity contribution is 0.113. The summed E-state index contributed by atoms with van der Waals surface area (Å²) < 4.78 is 29.2. The van der Waals surface area contributed by atoms with Crippen LogP contribution in [0.15, 0.2) is 4.99 Å². The maximum atomic E-state index is 11.7. The summed E-state index contributed by atoms with van der Waals surface area (Å²) in [6.07, 6.45) is 8.74. The molecule has 0 amide bonds. The van der Waals surface area contributed by atoms with E-state index in [2.05, 4.69) is 10.2 Å². The van der Waals surface area contributed by atoms with Crippen LogP contribution in [-0.2, 0) is 14.6 Å². The molecule has 7 heteroatoms. The number of guanidine groups is 1. The Labute approximate surface area is 157 Å². The van der Waals surface area contributed by atoms with Crippen LogP contribution >= 0.6 is 0 Å². The van der Waals surface area contributed by atoms with E-state index in [1.807, 2.05) is 0 Å². The number of hydrogen-bond donors (Lipinski definition) is 1. The Kier molecular flexibility index (Phi) is 5.74. The number of rotatable bonds is 4. The molecule has 1 saturated carbocycles. The zero-order valence-corrected chi connectivity index (χ0v) is 16.6. The first-order chi connectivity index (χ1) is 12.6. The van der Waals surface area contributed by atoms with Gasteiger partial charge in [-0.1, -0.05) is 12.8 Å². The third kappa shape index (κ3) is 4.53. The molecular weight excluding hydrogens is 350 g/mol. The van der Waals surface area contributed by atoms with Crippen LogP contribution in [0.4, 0.5) is 0 Å². The fourth-order valence-electron chi connectivity index (χ4n) is 5.09. The molecule has 1 N–H and O–H groups in total. The summed E-state index contributed by atoms with van der Waals surface area (Å²) in [7, 11) is -2.83. The first-order valence-corrected chi connectivity index (χ1v) is 12.3. The highest BCUT2D eigenvalue weighted by Crippen LogP contribution is 2.36. The molecule has 4 aliphatic rings. The van der Waals surface area contributed by atoms with Crippen LogP contribution in [0, 0.1) is 17.8 Å². The zero-order valence-electron chi connectivity index (χ0n) is 15.7. The monoisotopic (exact) mass is 383 g/mol. The number of aliphatic imine (C=N–C) groups is 1. The van der Waals surface area contributed by atoms with Crippen molar-refractivity contribution in [3.05, 3.63) is 0 Å². The standard InChI is InChI=1S/C19H33N3O3S/c23-26(24)9-7-15(14-26)10-20-19(21-11-18-6-3-8-25-18)22-12-16-4-1-2-5-17(16)13-22/h15-18H,1-14H2,(H,20,21). The second-order valence-electron chi connectivity index (χ2n) is 8.66. The molecule has 1 aliphatic carbocycles. The van der Waals surface area contributed by atoms with Crippen LogP contribution in [0.25, 0.3) is 0 Å². The van der Waals surface area contributed by atoms with E-state index in [9.17, 15) is 8.42 Å². The summed E-state index contributed by atoms with van der Waals surface area (Å²) >= 11 is 0. The lowest BCUT2D eigenvalue weighted by Gasteiger charge is -2.24. The van der Waals surface area contributed by atoms with Gasteiger partial charge in [0.05, 0.1) is 17.6 Å². The largest absolute Gasteiger partial charge is 0.376 e. The van der Waals surface area contributed by atoms with Crippen molar-refractivity contribution >= 4 is 15.8 Å². The van der Waals surface area contributed by atoms with E-state index in [1.165, 1.54) is 25.7 Å². The van der Waals surface area contributed by atoms with Crippen molar-refractivity contribution < 1.29 is 13.2 Å². The molecule has 4 unspecified atom stereocenters. The van der Waals surface area contributed by atoms with Gasteiger partial charge < -0.3 is 15.0 Å². The number of sulfone groups is 1. The van der Waals surface area contributed by atoms with Gasteiger partial charge in [0, 0.05) is 32.8 Å². The molecule has 4 rings (SSSR count). The molecule has 0 aromatic heterocycles. The molecule has 4 atom stereocenters. The minimum absolute atomic E-state index is 0.185. The highest BCUT2D eigenvalue weighted by molar-refractivity contribution is 7.91. The van der Waals surface area contributed by atoms with E-state index in [1.54, 1.807) is 0 Å². The van der Waals surface area contributed by atoms with E-state index in [0.717, 1.165) is 63.3 Å². The van der Waals surface area contributed by atoms with Crippen LogP contribution in [0.5, 0.6) is 0 Å². The zero-order chi connectivity index (χ0) is 18.0. The maximum Gasteiger partial charge on any atom is 0.194 e. The molecule has 0 radical (unpaired) electrons. The number of nitrogens with one attached hydrogen (secondary N) is 1. The Morgan fingerprint density at radius 2 is 1.85 bits per heavy atom. The number of nitrogens with zero attached hydrogens (tertiary/aromatic N) is 2. The molecule has 3 heterocycles. The fraction of sp³-hybridized carbons (Fsp3) is 0.947. The normalized spacial score (nSPS) is 37.1. The van der Waals surface area contributed by atoms with Gasteiger partial charge in [0.25, 0.3) is 0 Å². The van der Waals surface area contributed by atoms with Gasteiger partial charge in [0.15, 0.2) is 15.8 Å². The summed E-state index contributed by atoms with van der Waals surface area (Å²) in [5.74, 6) is 3.43. The van der Waals surface area contributed by atoms with E-state index in [4.69, 9.17) is 9.73 Å². The van der Waals surface area contributed by atoms with Gasteiger partial charge in [0.1, 0.15) is 0 Å². The summed E-state index contributed by atoms with van der Waals surface area (Å²) in [5.41, 5.74) is 0. The van der Waals surface area contributed by atoms with Crippen molar-refractivity contribution in [2.75, 3.05) is 44.3 Å². The Morgan fingerprint density at radius 3 is 2.46 bits per heavy atom. The fourth-order valence-corrected chi connectivity index (χ4v) is 6.94. The SMILES string of the molecule is O=S1(=O)CCC(CN=C(NCC2CCCO2)N2CC3CCCCC3C2)C1. The third-order valence-corrected chi connectivity index (χ3v) is 8.45. The first kappa shape index (κ1) is 18.5. The second-order valence-corrected chi connectivity index (χ2v) is 10.9. The van der Waals surface area contributed by atoms with Crippen molar-refractivity contribution in [3.63, 3.8) is 0 Å². The predicted octanol–water partition coefficient (Wildman–Crippen LogP) is 1.67. The number of fused-ring (bicyclic) bond motifs is 1. The van der Waals surface area contributed by atoms with E-state index < -0.39 is 9.84 Å². The molecule has 0 spiro atoms. The Morgan fingerprint density at radius 1 is 1.08 bits per heavy atom. The van der Waals surface area contributed by atoms with E-state index in [0.29, 0.717) is 18.1 Å². The molecule has 3 saturated heterocycles. The second kappa shape index (κ2) is 8.05. The van der Waals surface area contributed by atoms with Crippen LogP contribution in [0.1, 0.15) is 44.9 Å². The molecule has 0 aromatic rings. The van der Waals surface area contributed by atoms with Crippen molar-refractivity contribution in [1.82, 2.24) is 10.2 Å². The Hall–Kier alpha value is -0.820. The van der Waals surface area contributed by atoms with Gasteiger partial charge in [-0.15, -0.1) is 0 Å². The summed E-state index contributed by atoms with van der Waals surface area (Å²) in [6.45, 7) is 4.51. The van der Waals surface area contributed by atoms with Crippen LogP contribution < -0.4 is 5.32 Å². The minimum atomic E-state index is -2.83. The molecular formula is C19H33N3O3S. The van der Waals surface area contributed by atoms with E-state index in [-0.39, 0.29) is 12.0 Å². The van der Waals surface area contributed by atoms with Crippen molar-refractivity contribution in [1.29, 1.82) is 0 Å². The average molecular weight is 384 g/mol. The minimum Gasteiger partial charge on any atom is -0.376 e. The number of hydrogen-bond acceptors (Lipinski definition) is 4. The molecule has 148 valence electrons. The van der Waals surface area contributed by atoms with Crippen molar-refractivity contribution in [3.8, 4) is 0 Å². The lowest BCUT2D eigenvalue weighted by atomic mass is 9.82. The van der Waals surface area contributed by atoms with Crippen molar-refractivity contribution in [2.24, 2.45) is 22.7 Å². The van der Waals surface area contributed by atoms with E-state index >= 15 is 0 Å². The van der Waals surface area contributed by atoms with Crippen molar-refractivity contribution in [2.45, 2.75) is 51.0 Å². The first-order valence-electron chi connectivity index (χ1n) is 10.4. The number of ether oxygens (including phenoxy) is 1. The molecule has 0 bridgehead atoms. The van der Waals surface area contributed by atoms with Gasteiger partial charge >= 0.3 is 0 Å². The molecule has 26 heavy (non-hydrogen) atoms. The van der Waals surface area contributed by atoms with Gasteiger partial charge in [-0.05, 0) is 49.9 Å². The number of likely N-dealkylation sites (tertiary alicyclic amines) is 1. The van der Waals surface area contributed by atoms with Gasteiger partial charge in [-0.25, -0.2) is 8.42 Å². The Bertz CT molecular complexity index is 602. The molecule has 6 nitrogen and oxygen atoms in total. The molecule has 0 aromatic carbocycles. The smallest absolute Gasteiger partial charge is 0.194 e. The average Bonchev–Trinajstić information content (AvgIpc) is 3.34. The van der Waals surface area contributed by atoms with Gasteiger partial charge in [-0.2, -0.15) is 0 Å².